The van der Waals surface area contributed by atoms with Crippen molar-refractivity contribution in [2.24, 2.45) is 5.92 Å². The van der Waals surface area contributed by atoms with Crippen molar-refractivity contribution in [1.82, 2.24) is 15.5 Å². The maximum atomic E-state index is 11.8. The van der Waals surface area contributed by atoms with Crippen LogP contribution in [0.1, 0.15) is 65.6 Å². The van der Waals surface area contributed by atoms with Crippen molar-refractivity contribution < 1.29 is 14.1 Å². The van der Waals surface area contributed by atoms with Gasteiger partial charge in [0.1, 0.15) is 5.60 Å². The molecule has 0 saturated heterocycles. The molecule has 0 bridgehead atoms. The average molecular weight is 324 g/mol. The molecule has 2 rings (SSSR count). The Labute approximate surface area is 137 Å². The fourth-order valence-electron chi connectivity index (χ4n) is 2.69. The Morgan fingerprint density at radius 1 is 1.39 bits per heavy atom. The number of nitrogens with one attached hydrogen (secondary N) is 2. The first-order chi connectivity index (χ1) is 10.7. The van der Waals surface area contributed by atoms with E-state index in [0.717, 1.165) is 19.3 Å². The predicted octanol–water partition coefficient (Wildman–Crippen LogP) is 3.30. The van der Waals surface area contributed by atoms with E-state index in [0.29, 0.717) is 24.3 Å². The van der Waals surface area contributed by atoms with Crippen molar-refractivity contribution in [3.05, 3.63) is 5.82 Å². The van der Waals surface area contributed by atoms with Crippen molar-refractivity contribution in [2.45, 2.75) is 71.4 Å². The topological polar surface area (TPSA) is 89.3 Å². The van der Waals surface area contributed by atoms with Gasteiger partial charge in [0.2, 0.25) is 0 Å². The second kappa shape index (κ2) is 7.19. The molecule has 7 nitrogen and oxygen atoms in total. The number of rotatable bonds is 5. The Morgan fingerprint density at radius 2 is 2.13 bits per heavy atom. The van der Waals surface area contributed by atoms with E-state index in [1.54, 1.807) is 0 Å². The normalized spacial score (nSPS) is 21.5. The Bertz CT molecular complexity index is 522. The number of amides is 1. The number of ether oxygens (including phenoxy) is 1. The van der Waals surface area contributed by atoms with Crippen LogP contribution in [-0.4, -0.2) is 34.4 Å². The third kappa shape index (κ3) is 5.41. The summed E-state index contributed by atoms with van der Waals surface area (Å²) in [6.45, 7) is 10.2. The molecule has 2 N–H and O–H groups in total. The minimum absolute atomic E-state index is 0.227. The summed E-state index contributed by atoms with van der Waals surface area (Å²) in [7, 11) is 0. The Morgan fingerprint density at radius 3 is 2.74 bits per heavy atom. The smallest absolute Gasteiger partial charge is 0.407 e. The highest BCUT2D eigenvalue weighted by Crippen LogP contribution is 2.28. The first-order valence-corrected chi connectivity index (χ1v) is 8.31. The largest absolute Gasteiger partial charge is 0.444 e. The zero-order valence-corrected chi connectivity index (χ0v) is 14.7. The summed E-state index contributed by atoms with van der Waals surface area (Å²) < 4.78 is 10.5. The molecule has 1 amide bonds. The zero-order chi connectivity index (χ0) is 17.0. The van der Waals surface area contributed by atoms with Crippen LogP contribution in [0.2, 0.25) is 0 Å². The van der Waals surface area contributed by atoms with Gasteiger partial charge in [-0.2, -0.15) is 4.98 Å². The number of carbonyl (C=O) groups is 1. The van der Waals surface area contributed by atoms with Crippen LogP contribution in [0, 0.1) is 5.92 Å². The number of alkyl carbamates (subject to hydrolysis) is 1. The van der Waals surface area contributed by atoms with Gasteiger partial charge in [-0.1, -0.05) is 25.4 Å². The van der Waals surface area contributed by atoms with Gasteiger partial charge in [0, 0.05) is 18.5 Å². The molecule has 7 heteroatoms. The Balaban J connectivity index is 1.84. The highest BCUT2D eigenvalue weighted by molar-refractivity contribution is 5.67. The van der Waals surface area contributed by atoms with Gasteiger partial charge in [-0.3, -0.25) is 0 Å². The molecular weight excluding hydrogens is 296 g/mol. The molecule has 0 radical (unpaired) electrons. The van der Waals surface area contributed by atoms with Gasteiger partial charge in [-0.15, -0.1) is 0 Å². The lowest BCUT2D eigenvalue weighted by Gasteiger charge is -2.23. The lowest BCUT2D eigenvalue weighted by Crippen LogP contribution is -2.38. The van der Waals surface area contributed by atoms with Crippen molar-refractivity contribution in [2.75, 3.05) is 11.9 Å². The number of carbonyl (C=O) groups excluding carboxylic acids is 1. The highest BCUT2D eigenvalue weighted by atomic mass is 16.6. The molecular formula is C16H28N4O3. The van der Waals surface area contributed by atoms with Gasteiger partial charge < -0.3 is 19.9 Å². The van der Waals surface area contributed by atoms with Crippen LogP contribution >= 0.6 is 0 Å². The zero-order valence-electron chi connectivity index (χ0n) is 14.7. The van der Waals surface area contributed by atoms with E-state index in [1.807, 2.05) is 34.6 Å². The van der Waals surface area contributed by atoms with E-state index in [9.17, 15) is 4.79 Å². The van der Waals surface area contributed by atoms with Crippen LogP contribution in [0.3, 0.4) is 0 Å². The van der Waals surface area contributed by atoms with Gasteiger partial charge in [0.15, 0.2) is 5.82 Å². The monoisotopic (exact) mass is 324 g/mol. The number of aromatic nitrogens is 2. The van der Waals surface area contributed by atoms with E-state index in [4.69, 9.17) is 9.26 Å². The predicted molar refractivity (Wildman–Crippen MR) is 87.4 cm³/mol. The molecule has 23 heavy (non-hydrogen) atoms. The summed E-state index contributed by atoms with van der Waals surface area (Å²) in [5, 5.41) is 10.1. The van der Waals surface area contributed by atoms with Gasteiger partial charge in [-0.05, 0) is 39.5 Å². The first kappa shape index (κ1) is 17.6. The molecule has 2 atom stereocenters. The molecule has 0 aliphatic heterocycles. The summed E-state index contributed by atoms with van der Waals surface area (Å²) >= 11 is 0. The van der Waals surface area contributed by atoms with Gasteiger partial charge >= 0.3 is 12.1 Å². The van der Waals surface area contributed by atoms with Crippen LogP contribution in [0.5, 0.6) is 0 Å². The number of nitrogens with zero attached hydrogens (tertiary/aromatic N) is 2. The maximum Gasteiger partial charge on any atom is 0.407 e. The number of anilines is 1. The molecule has 1 aromatic rings. The molecule has 0 aromatic carbocycles. The van der Waals surface area contributed by atoms with Gasteiger partial charge in [-0.25, -0.2) is 4.79 Å². The molecule has 1 heterocycles. The van der Waals surface area contributed by atoms with Crippen molar-refractivity contribution in [1.29, 1.82) is 0 Å². The van der Waals surface area contributed by atoms with E-state index < -0.39 is 5.60 Å². The molecule has 0 spiro atoms. The minimum atomic E-state index is -0.478. The van der Waals surface area contributed by atoms with E-state index >= 15 is 0 Å². The van der Waals surface area contributed by atoms with Gasteiger partial charge in [0.25, 0.3) is 0 Å². The minimum Gasteiger partial charge on any atom is -0.444 e. The molecule has 1 aromatic heterocycles. The van der Waals surface area contributed by atoms with Crippen molar-refractivity contribution in [3.63, 3.8) is 0 Å². The standard InChI is InChI=1S/C16H28N4O3/c1-10(2)13-19-14(23-20-13)18-12-8-6-7-11(12)9-17-15(21)22-16(3,4)5/h10-12H,6-9H2,1-5H3,(H,17,21)(H,18,19,20)/t11-,12-/m0/s1. The fourth-order valence-corrected chi connectivity index (χ4v) is 2.69. The Kier molecular flexibility index (Phi) is 5.49. The highest BCUT2D eigenvalue weighted by Gasteiger charge is 2.29. The van der Waals surface area contributed by atoms with Crippen molar-refractivity contribution >= 4 is 12.1 Å². The Hall–Kier alpha value is -1.79. The van der Waals surface area contributed by atoms with Crippen LogP contribution in [0.15, 0.2) is 4.52 Å². The van der Waals surface area contributed by atoms with E-state index in [-0.39, 0.29) is 18.1 Å². The van der Waals surface area contributed by atoms with Crippen LogP contribution < -0.4 is 10.6 Å². The summed E-state index contributed by atoms with van der Waals surface area (Å²) in [5.41, 5.74) is -0.478. The summed E-state index contributed by atoms with van der Waals surface area (Å²) in [4.78, 5) is 16.1. The van der Waals surface area contributed by atoms with Crippen LogP contribution in [0.4, 0.5) is 10.8 Å². The lowest BCUT2D eigenvalue weighted by molar-refractivity contribution is 0.0519. The first-order valence-electron chi connectivity index (χ1n) is 8.31. The van der Waals surface area contributed by atoms with E-state index in [1.165, 1.54) is 0 Å². The molecule has 1 aliphatic rings. The van der Waals surface area contributed by atoms with Crippen molar-refractivity contribution in [3.8, 4) is 0 Å². The molecule has 130 valence electrons. The van der Waals surface area contributed by atoms with Crippen LogP contribution in [-0.2, 0) is 4.74 Å². The maximum absolute atomic E-state index is 11.8. The quantitative estimate of drug-likeness (QED) is 0.864. The van der Waals surface area contributed by atoms with Crippen LogP contribution in [0.25, 0.3) is 0 Å². The number of hydrogen-bond donors (Lipinski definition) is 2. The summed E-state index contributed by atoms with van der Waals surface area (Å²) in [5.74, 6) is 1.27. The molecule has 0 unspecified atom stereocenters. The second-order valence-corrected chi connectivity index (χ2v) is 7.44. The number of hydrogen-bond acceptors (Lipinski definition) is 6. The van der Waals surface area contributed by atoms with Gasteiger partial charge in [0.05, 0.1) is 0 Å². The molecule has 1 saturated carbocycles. The average Bonchev–Trinajstić information content (AvgIpc) is 3.04. The molecule has 1 aliphatic carbocycles. The third-order valence-corrected chi connectivity index (χ3v) is 3.83. The summed E-state index contributed by atoms with van der Waals surface area (Å²) in [6.07, 6.45) is 2.82. The molecule has 1 fully saturated rings. The lowest BCUT2D eigenvalue weighted by atomic mass is 10.0. The SMILES string of the molecule is CC(C)c1noc(N[C@H]2CCC[C@H]2CNC(=O)OC(C)(C)C)n1. The van der Waals surface area contributed by atoms with E-state index in [2.05, 4.69) is 20.8 Å². The third-order valence-electron chi connectivity index (χ3n) is 3.83. The fraction of sp³-hybridized carbons (Fsp3) is 0.812. The second-order valence-electron chi connectivity index (χ2n) is 7.44. The summed E-state index contributed by atoms with van der Waals surface area (Å²) in [6, 6.07) is 0.688.